The number of rotatable bonds is 3. The minimum Gasteiger partial charge on any atom is -0.467 e. The first kappa shape index (κ1) is 14.3. The van der Waals surface area contributed by atoms with Gasteiger partial charge in [0.2, 0.25) is 5.67 Å². The van der Waals surface area contributed by atoms with Crippen molar-refractivity contribution in [1.82, 2.24) is 4.90 Å². The maximum Gasteiger partial charge on any atom is 0.410 e. The average molecular weight is 281 g/mol. The van der Waals surface area contributed by atoms with Crippen molar-refractivity contribution in [2.45, 2.75) is 18.7 Å². The molecule has 1 atom stereocenters. The monoisotopic (exact) mass is 281 g/mol. The Morgan fingerprint density at radius 3 is 2.70 bits per heavy atom. The van der Waals surface area contributed by atoms with Gasteiger partial charge in [-0.25, -0.2) is 14.0 Å². The zero-order chi connectivity index (χ0) is 14.6. The zero-order valence-corrected chi connectivity index (χ0v) is 11.2. The van der Waals surface area contributed by atoms with E-state index in [1.807, 2.05) is 30.3 Å². The van der Waals surface area contributed by atoms with Gasteiger partial charge in [-0.05, 0) is 5.56 Å². The lowest BCUT2D eigenvalue weighted by atomic mass is 10.1. The lowest BCUT2D eigenvalue weighted by Crippen LogP contribution is -2.39. The third-order valence-corrected chi connectivity index (χ3v) is 3.23. The number of likely N-dealkylation sites (tertiary alicyclic amines) is 1. The second-order valence-electron chi connectivity index (χ2n) is 4.67. The highest BCUT2D eigenvalue weighted by molar-refractivity contribution is 5.81. The maximum atomic E-state index is 14.2. The van der Waals surface area contributed by atoms with Gasteiger partial charge in [-0.3, -0.25) is 0 Å². The molecule has 6 heteroatoms. The van der Waals surface area contributed by atoms with Gasteiger partial charge in [0, 0.05) is 13.0 Å². The zero-order valence-electron chi connectivity index (χ0n) is 11.2. The Kier molecular flexibility index (Phi) is 4.22. The molecule has 0 aromatic heterocycles. The number of methoxy groups -OCH3 is 1. The first-order chi connectivity index (χ1) is 9.55. The van der Waals surface area contributed by atoms with Crippen molar-refractivity contribution in [3.8, 4) is 0 Å². The summed E-state index contributed by atoms with van der Waals surface area (Å²) in [4.78, 5) is 24.3. The van der Waals surface area contributed by atoms with Crippen LogP contribution in [0.3, 0.4) is 0 Å². The first-order valence-corrected chi connectivity index (χ1v) is 6.28. The highest BCUT2D eigenvalue weighted by Gasteiger charge is 2.48. The molecule has 20 heavy (non-hydrogen) atoms. The van der Waals surface area contributed by atoms with E-state index in [1.54, 1.807) is 0 Å². The molecule has 1 amide bonds. The molecule has 0 saturated carbocycles. The molecule has 0 aliphatic carbocycles. The minimum absolute atomic E-state index is 0.0693. The summed E-state index contributed by atoms with van der Waals surface area (Å²) >= 11 is 0. The van der Waals surface area contributed by atoms with Gasteiger partial charge < -0.3 is 14.4 Å². The van der Waals surface area contributed by atoms with Crippen LogP contribution in [0.15, 0.2) is 30.3 Å². The number of benzene rings is 1. The van der Waals surface area contributed by atoms with Gasteiger partial charge in [-0.2, -0.15) is 0 Å². The van der Waals surface area contributed by atoms with Crippen LogP contribution in [0.4, 0.5) is 9.18 Å². The number of esters is 1. The predicted molar refractivity (Wildman–Crippen MR) is 68.7 cm³/mol. The van der Waals surface area contributed by atoms with Gasteiger partial charge in [0.1, 0.15) is 6.61 Å². The van der Waals surface area contributed by atoms with Crippen LogP contribution in [0.2, 0.25) is 0 Å². The molecule has 1 unspecified atom stereocenters. The number of hydrogen-bond donors (Lipinski definition) is 0. The van der Waals surface area contributed by atoms with E-state index in [9.17, 15) is 14.0 Å². The fourth-order valence-electron chi connectivity index (χ4n) is 2.09. The summed E-state index contributed by atoms with van der Waals surface area (Å²) in [6.07, 6.45) is -0.697. The van der Waals surface area contributed by atoms with E-state index < -0.39 is 17.7 Å². The number of nitrogens with zero attached hydrogens (tertiary/aromatic N) is 1. The summed E-state index contributed by atoms with van der Waals surface area (Å²) in [7, 11) is 1.13. The Morgan fingerprint density at radius 2 is 2.05 bits per heavy atom. The molecular formula is C14H16FNO4. The molecule has 1 fully saturated rings. The summed E-state index contributed by atoms with van der Waals surface area (Å²) in [5, 5.41) is 0. The van der Waals surface area contributed by atoms with Crippen LogP contribution in [0.5, 0.6) is 0 Å². The van der Waals surface area contributed by atoms with Gasteiger partial charge in [-0.15, -0.1) is 0 Å². The van der Waals surface area contributed by atoms with Crippen LogP contribution in [0, 0.1) is 0 Å². The third kappa shape index (κ3) is 3.07. The predicted octanol–water partition coefficient (Wildman–Crippen LogP) is 1.91. The summed E-state index contributed by atoms with van der Waals surface area (Å²) in [5.41, 5.74) is -1.28. The topological polar surface area (TPSA) is 55.8 Å². The third-order valence-electron chi connectivity index (χ3n) is 3.23. The molecule has 1 aromatic carbocycles. The van der Waals surface area contributed by atoms with Gasteiger partial charge in [0.25, 0.3) is 0 Å². The van der Waals surface area contributed by atoms with Gasteiger partial charge in [0.15, 0.2) is 0 Å². The largest absolute Gasteiger partial charge is 0.467 e. The van der Waals surface area contributed by atoms with Crippen LogP contribution in [-0.2, 0) is 20.9 Å². The number of carbonyl (C=O) groups excluding carboxylic acids is 2. The lowest BCUT2D eigenvalue weighted by molar-refractivity contribution is -0.153. The standard InChI is InChI=1S/C14H16FNO4/c1-19-12(17)14(15)7-8-16(10-14)13(18)20-9-11-5-3-2-4-6-11/h2-6H,7-10H2,1H3. The quantitative estimate of drug-likeness (QED) is 0.794. The molecule has 1 aliphatic heterocycles. The molecule has 5 nitrogen and oxygen atoms in total. The smallest absolute Gasteiger partial charge is 0.410 e. The molecule has 0 spiro atoms. The number of amides is 1. The van der Waals surface area contributed by atoms with Crippen LogP contribution in [0.1, 0.15) is 12.0 Å². The van der Waals surface area contributed by atoms with E-state index >= 15 is 0 Å². The minimum atomic E-state index is -2.12. The van der Waals surface area contributed by atoms with Crippen LogP contribution in [-0.4, -0.2) is 42.8 Å². The summed E-state index contributed by atoms with van der Waals surface area (Å²) in [6, 6.07) is 9.18. The normalized spacial score (nSPS) is 21.6. The van der Waals surface area contributed by atoms with Crippen molar-refractivity contribution in [1.29, 1.82) is 0 Å². The SMILES string of the molecule is COC(=O)C1(F)CCN(C(=O)OCc2ccccc2)C1. The van der Waals surface area contributed by atoms with Crippen molar-refractivity contribution >= 4 is 12.1 Å². The Balaban J connectivity index is 1.87. The van der Waals surface area contributed by atoms with Gasteiger partial charge in [-0.1, -0.05) is 30.3 Å². The second-order valence-corrected chi connectivity index (χ2v) is 4.67. The molecule has 0 N–H and O–H groups in total. The molecule has 1 saturated heterocycles. The van der Waals surface area contributed by atoms with E-state index in [0.29, 0.717) is 0 Å². The fourth-order valence-corrected chi connectivity index (χ4v) is 2.09. The molecule has 0 bridgehead atoms. The number of alkyl halides is 1. The van der Waals surface area contributed by atoms with Crippen molar-refractivity contribution in [2.24, 2.45) is 0 Å². The number of carbonyl (C=O) groups is 2. The number of hydrogen-bond acceptors (Lipinski definition) is 4. The molecule has 0 radical (unpaired) electrons. The van der Waals surface area contributed by atoms with Gasteiger partial charge in [0.05, 0.1) is 13.7 Å². The van der Waals surface area contributed by atoms with E-state index in [1.165, 1.54) is 4.90 Å². The summed E-state index contributed by atoms with van der Waals surface area (Å²) in [5.74, 6) is -0.948. The summed E-state index contributed by atoms with van der Waals surface area (Å²) in [6.45, 7) is -0.0692. The van der Waals surface area contributed by atoms with Crippen LogP contribution < -0.4 is 0 Å². The van der Waals surface area contributed by atoms with Crippen LogP contribution in [0.25, 0.3) is 0 Å². The molecule has 1 heterocycles. The molecule has 108 valence electrons. The first-order valence-electron chi connectivity index (χ1n) is 6.28. The summed E-state index contributed by atoms with van der Waals surface area (Å²) < 4.78 is 23.6. The average Bonchev–Trinajstić information content (AvgIpc) is 2.89. The molecular weight excluding hydrogens is 265 g/mol. The maximum absolute atomic E-state index is 14.2. The van der Waals surface area contributed by atoms with E-state index in [2.05, 4.69) is 4.74 Å². The Hall–Kier alpha value is -2.11. The lowest BCUT2D eigenvalue weighted by Gasteiger charge is -2.18. The van der Waals surface area contributed by atoms with Crippen molar-refractivity contribution in [2.75, 3.05) is 20.2 Å². The molecule has 1 aromatic rings. The van der Waals surface area contributed by atoms with E-state index in [4.69, 9.17) is 4.74 Å². The van der Waals surface area contributed by atoms with Crippen molar-refractivity contribution in [3.05, 3.63) is 35.9 Å². The van der Waals surface area contributed by atoms with Gasteiger partial charge >= 0.3 is 12.1 Å². The van der Waals surface area contributed by atoms with E-state index in [0.717, 1.165) is 12.7 Å². The number of ether oxygens (including phenoxy) is 2. The highest BCUT2D eigenvalue weighted by Crippen LogP contribution is 2.27. The van der Waals surface area contributed by atoms with Crippen molar-refractivity contribution in [3.63, 3.8) is 0 Å². The fraction of sp³-hybridized carbons (Fsp3) is 0.429. The number of halogens is 1. The van der Waals surface area contributed by atoms with Crippen LogP contribution >= 0.6 is 0 Å². The van der Waals surface area contributed by atoms with Crippen molar-refractivity contribution < 1.29 is 23.5 Å². The second kappa shape index (κ2) is 5.90. The molecule has 1 aliphatic rings. The Bertz CT molecular complexity index is 493. The Labute approximate surface area is 116 Å². The van der Waals surface area contributed by atoms with E-state index in [-0.39, 0.29) is 26.1 Å². The highest BCUT2D eigenvalue weighted by atomic mass is 19.1. The molecule has 2 rings (SSSR count). The Morgan fingerprint density at radius 1 is 1.35 bits per heavy atom.